The number of rotatable bonds is 6. The Morgan fingerprint density at radius 2 is 2.16 bits per heavy atom. The molecular weight excluding hydrogens is 362 g/mol. The van der Waals surface area contributed by atoms with E-state index in [2.05, 4.69) is 14.9 Å². The number of nitrogens with zero attached hydrogens (tertiary/aromatic N) is 2. The molecule has 0 amide bonds. The van der Waals surface area contributed by atoms with Gasteiger partial charge >= 0.3 is 0 Å². The van der Waals surface area contributed by atoms with Gasteiger partial charge in [0, 0.05) is 12.0 Å². The molecule has 3 aromatic rings. The maximum atomic E-state index is 12.6. The number of benzene rings is 1. The summed E-state index contributed by atoms with van der Waals surface area (Å²) in [5.74, 6) is 1.86. The zero-order valence-electron chi connectivity index (χ0n) is 13.3. The second-order valence-electron chi connectivity index (χ2n) is 5.68. The van der Waals surface area contributed by atoms with Crippen molar-refractivity contribution >= 4 is 27.0 Å². The Morgan fingerprint density at radius 1 is 1.32 bits per heavy atom. The third-order valence-electron chi connectivity index (χ3n) is 3.84. The van der Waals surface area contributed by atoms with E-state index >= 15 is 0 Å². The smallest absolute Gasteiger partial charge is 0.270 e. The number of nitrogens with one attached hydrogen (secondary N) is 1. The molecule has 1 aromatic carbocycles. The summed E-state index contributed by atoms with van der Waals surface area (Å²) in [6.45, 7) is 0. The Morgan fingerprint density at radius 3 is 2.92 bits per heavy atom. The lowest BCUT2D eigenvalue weighted by Gasteiger charge is -2.08. The molecule has 0 saturated heterocycles. The number of hydrogen-bond acceptors (Lipinski definition) is 7. The summed E-state index contributed by atoms with van der Waals surface area (Å²) < 4.78 is 38.3. The summed E-state index contributed by atoms with van der Waals surface area (Å²) in [6, 6.07) is 7.97. The van der Waals surface area contributed by atoms with E-state index in [1.165, 1.54) is 30.6 Å². The molecule has 4 rings (SSSR count). The summed E-state index contributed by atoms with van der Waals surface area (Å²) in [5, 5.41) is 5.76. The van der Waals surface area contributed by atoms with Crippen molar-refractivity contribution in [2.75, 3.05) is 11.8 Å². The highest BCUT2D eigenvalue weighted by molar-refractivity contribution is 7.92. The summed E-state index contributed by atoms with van der Waals surface area (Å²) in [6.07, 6.45) is 2.14. The van der Waals surface area contributed by atoms with Gasteiger partial charge in [0.05, 0.1) is 17.7 Å². The lowest BCUT2D eigenvalue weighted by atomic mass is 10.3. The van der Waals surface area contributed by atoms with Crippen molar-refractivity contribution in [3.05, 3.63) is 41.5 Å². The van der Waals surface area contributed by atoms with Gasteiger partial charge in [-0.3, -0.25) is 4.72 Å². The van der Waals surface area contributed by atoms with Gasteiger partial charge in [-0.2, -0.15) is 4.98 Å². The van der Waals surface area contributed by atoms with Crippen LogP contribution in [-0.4, -0.2) is 25.7 Å². The van der Waals surface area contributed by atoms with Crippen LogP contribution in [0, 0.1) is 0 Å². The van der Waals surface area contributed by atoms with Gasteiger partial charge in [0.25, 0.3) is 15.9 Å². The first-order valence-electron chi connectivity index (χ1n) is 7.65. The highest BCUT2D eigenvalue weighted by Crippen LogP contribution is 2.40. The first kappa shape index (κ1) is 16.1. The minimum Gasteiger partial charge on any atom is -0.497 e. The topological polar surface area (TPSA) is 94.3 Å². The van der Waals surface area contributed by atoms with Crippen molar-refractivity contribution in [3.8, 4) is 16.5 Å². The Kier molecular flexibility index (Phi) is 3.97. The summed E-state index contributed by atoms with van der Waals surface area (Å²) >= 11 is 1.34. The van der Waals surface area contributed by atoms with E-state index in [1.54, 1.807) is 23.6 Å². The van der Waals surface area contributed by atoms with Gasteiger partial charge in [-0.15, -0.1) is 11.3 Å². The Labute approximate surface area is 148 Å². The molecule has 0 bridgehead atoms. The first-order valence-corrected chi connectivity index (χ1v) is 10.0. The molecule has 7 nitrogen and oxygen atoms in total. The summed E-state index contributed by atoms with van der Waals surface area (Å²) in [5.41, 5.74) is 0.416. The normalized spacial score (nSPS) is 14.4. The summed E-state index contributed by atoms with van der Waals surface area (Å²) in [7, 11) is -2.27. The largest absolute Gasteiger partial charge is 0.497 e. The second-order valence-corrected chi connectivity index (χ2v) is 8.28. The van der Waals surface area contributed by atoms with Gasteiger partial charge in [-0.1, -0.05) is 11.2 Å². The molecule has 0 spiro atoms. The van der Waals surface area contributed by atoms with Crippen LogP contribution in [0.25, 0.3) is 10.8 Å². The van der Waals surface area contributed by atoms with Crippen LogP contribution >= 0.6 is 11.3 Å². The Balaban J connectivity index is 1.63. The molecule has 0 aliphatic heterocycles. The summed E-state index contributed by atoms with van der Waals surface area (Å²) in [4.78, 5) is 5.10. The minimum absolute atomic E-state index is 0.119. The van der Waals surface area contributed by atoms with Gasteiger partial charge < -0.3 is 9.26 Å². The molecule has 0 unspecified atom stereocenters. The number of sulfonamides is 1. The van der Waals surface area contributed by atoms with Crippen molar-refractivity contribution in [1.82, 2.24) is 10.1 Å². The fraction of sp³-hybridized carbons (Fsp3) is 0.250. The van der Waals surface area contributed by atoms with E-state index in [9.17, 15) is 8.42 Å². The average molecular weight is 377 g/mol. The molecule has 1 aliphatic carbocycles. The van der Waals surface area contributed by atoms with Gasteiger partial charge in [0.15, 0.2) is 5.82 Å². The van der Waals surface area contributed by atoms with Crippen molar-refractivity contribution in [1.29, 1.82) is 0 Å². The zero-order valence-corrected chi connectivity index (χ0v) is 14.9. The van der Waals surface area contributed by atoms with E-state index in [4.69, 9.17) is 9.26 Å². The van der Waals surface area contributed by atoms with Gasteiger partial charge in [0.2, 0.25) is 0 Å². The maximum Gasteiger partial charge on any atom is 0.270 e. The first-order chi connectivity index (χ1) is 12.1. The number of ether oxygens (including phenoxy) is 1. The highest BCUT2D eigenvalue weighted by Gasteiger charge is 2.30. The molecule has 25 heavy (non-hydrogen) atoms. The van der Waals surface area contributed by atoms with Crippen LogP contribution in [-0.2, 0) is 10.0 Å². The van der Waals surface area contributed by atoms with Crippen LogP contribution in [0.3, 0.4) is 0 Å². The van der Waals surface area contributed by atoms with E-state index in [1.807, 2.05) is 0 Å². The standard InChI is InChI=1S/C16H15N3O4S2/c1-22-11-3-2-4-12(9-11)25(20,21)19-13-7-8-24-14(13)16-17-15(18-23-16)10-5-6-10/h2-4,7-10,19H,5-6H2,1H3. The predicted molar refractivity (Wildman–Crippen MR) is 93.4 cm³/mol. The van der Waals surface area contributed by atoms with Crippen LogP contribution in [0.2, 0.25) is 0 Å². The molecule has 1 fully saturated rings. The number of thiophene rings is 1. The fourth-order valence-corrected chi connectivity index (χ4v) is 4.30. The SMILES string of the molecule is COc1cccc(S(=O)(=O)Nc2ccsc2-c2nc(C3CC3)no2)c1. The lowest BCUT2D eigenvalue weighted by molar-refractivity contribution is 0.413. The van der Waals surface area contributed by atoms with Crippen LogP contribution < -0.4 is 9.46 Å². The van der Waals surface area contributed by atoms with Gasteiger partial charge in [0.1, 0.15) is 10.6 Å². The van der Waals surface area contributed by atoms with Crippen LogP contribution in [0.4, 0.5) is 5.69 Å². The molecule has 130 valence electrons. The molecule has 2 aromatic heterocycles. The molecule has 1 saturated carbocycles. The van der Waals surface area contributed by atoms with Gasteiger partial charge in [-0.05, 0) is 36.4 Å². The van der Waals surface area contributed by atoms with Crippen molar-refractivity contribution in [2.24, 2.45) is 0 Å². The highest BCUT2D eigenvalue weighted by atomic mass is 32.2. The van der Waals surface area contributed by atoms with Crippen molar-refractivity contribution in [3.63, 3.8) is 0 Å². The second kappa shape index (κ2) is 6.16. The molecule has 9 heteroatoms. The predicted octanol–water partition coefficient (Wildman–Crippen LogP) is 3.48. The molecule has 0 atom stereocenters. The van der Waals surface area contributed by atoms with E-state index in [0.29, 0.717) is 33.9 Å². The minimum atomic E-state index is -3.76. The zero-order chi connectivity index (χ0) is 17.4. The Bertz CT molecular complexity index is 1010. The number of methoxy groups -OCH3 is 1. The molecule has 0 radical (unpaired) electrons. The van der Waals surface area contributed by atoms with E-state index < -0.39 is 10.0 Å². The molecule has 1 N–H and O–H groups in total. The average Bonchev–Trinajstić information content (AvgIpc) is 3.17. The van der Waals surface area contributed by atoms with Crippen LogP contribution in [0.5, 0.6) is 5.75 Å². The number of anilines is 1. The Hall–Kier alpha value is -2.39. The molecule has 2 heterocycles. The van der Waals surface area contributed by atoms with E-state index in [-0.39, 0.29) is 4.90 Å². The van der Waals surface area contributed by atoms with Crippen LogP contribution in [0.15, 0.2) is 45.1 Å². The third kappa shape index (κ3) is 3.24. The van der Waals surface area contributed by atoms with Crippen molar-refractivity contribution < 1.29 is 17.7 Å². The van der Waals surface area contributed by atoms with Crippen LogP contribution in [0.1, 0.15) is 24.6 Å². The van der Waals surface area contributed by atoms with Gasteiger partial charge in [-0.25, -0.2) is 8.42 Å². The maximum absolute atomic E-state index is 12.6. The molecule has 1 aliphatic rings. The lowest BCUT2D eigenvalue weighted by Crippen LogP contribution is -2.13. The monoisotopic (exact) mass is 377 g/mol. The molecular formula is C16H15N3O4S2. The number of hydrogen-bond donors (Lipinski definition) is 1. The number of aromatic nitrogens is 2. The van der Waals surface area contributed by atoms with Crippen molar-refractivity contribution in [2.45, 2.75) is 23.7 Å². The van der Waals surface area contributed by atoms with E-state index in [0.717, 1.165) is 12.8 Å². The third-order valence-corrected chi connectivity index (χ3v) is 6.11. The quantitative estimate of drug-likeness (QED) is 0.707. The fourth-order valence-electron chi connectivity index (χ4n) is 2.36.